The summed E-state index contributed by atoms with van der Waals surface area (Å²) in [5, 5.41) is 0. The van der Waals surface area contributed by atoms with Crippen LogP contribution >= 0.6 is 0 Å². The molecule has 0 saturated carbocycles. The van der Waals surface area contributed by atoms with Gasteiger partial charge in [-0.2, -0.15) is 0 Å². The molecule has 33 heavy (non-hydrogen) atoms. The maximum absolute atomic E-state index is 11.2. The van der Waals surface area contributed by atoms with Gasteiger partial charge in [-0.3, -0.25) is 0 Å². The van der Waals surface area contributed by atoms with E-state index in [2.05, 4.69) is 109 Å². The average molecular weight is 434 g/mol. The fraction of sp³-hybridized carbons (Fsp3) is 0.100. The number of carbonyl (C=O) groups excluding carboxylic acids is 1. The van der Waals surface area contributed by atoms with Gasteiger partial charge < -0.3 is 9.64 Å². The number of benzene rings is 4. The number of rotatable bonds is 9. The molecule has 3 heteroatoms. The van der Waals surface area contributed by atoms with Gasteiger partial charge in [0.2, 0.25) is 0 Å². The van der Waals surface area contributed by atoms with Gasteiger partial charge in [0, 0.05) is 23.1 Å². The van der Waals surface area contributed by atoms with Crippen molar-refractivity contribution in [2.45, 2.75) is 12.8 Å². The van der Waals surface area contributed by atoms with Gasteiger partial charge in [-0.1, -0.05) is 79.4 Å². The molecule has 0 radical (unpaired) electrons. The lowest BCUT2D eigenvalue weighted by molar-refractivity contribution is -0.137. The van der Waals surface area contributed by atoms with Crippen LogP contribution in [0.3, 0.4) is 0 Å². The Balaban J connectivity index is 1.54. The Hall–Kier alpha value is -4.11. The van der Waals surface area contributed by atoms with E-state index >= 15 is 0 Å². The second kappa shape index (κ2) is 11.0. The molecule has 0 amide bonds. The van der Waals surface area contributed by atoms with Gasteiger partial charge in [0.25, 0.3) is 0 Å². The van der Waals surface area contributed by atoms with Crippen molar-refractivity contribution in [1.82, 2.24) is 0 Å². The lowest BCUT2D eigenvalue weighted by atomic mass is 10.0. The first-order chi connectivity index (χ1) is 16.2. The number of ether oxygens (including phenoxy) is 1. The lowest BCUT2D eigenvalue weighted by Gasteiger charge is -2.26. The third kappa shape index (κ3) is 5.78. The number of esters is 1. The lowest BCUT2D eigenvalue weighted by Crippen LogP contribution is -2.09. The Morgan fingerprint density at radius 3 is 1.82 bits per heavy atom. The van der Waals surface area contributed by atoms with E-state index < -0.39 is 0 Å². The van der Waals surface area contributed by atoms with Gasteiger partial charge in [0.15, 0.2) is 0 Å². The van der Waals surface area contributed by atoms with Gasteiger partial charge in [0.1, 0.15) is 0 Å². The molecule has 0 unspecified atom stereocenters. The highest BCUT2D eigenvalue weighted by Gasteiger charge is 2.12. The number of anilines is 3. The minimum absolute atomic E-state index is 0.373. The molecule has 0 aromatic heterocycles. The Morgan fingerprint density at radius 2 is 1.21 bits per heavy atom. The molecular weight excluding hydrogens is 406 g/mol. The standard InChI is InChI=1S/C30H27NO2/c1-2-30(32)33-23-9-10-24-15-19-28(20-16-24)31(27-13-7-4-8-14-27)29-21-17-26(18-22-29)25-11-5-3-6-12-25/h2-8,11-22H,1,9-10,23H2. The van der Waals surface area contributed by atoms with E-state index in [9.17, 15) is 4.79 Å². The predicted molar refractivity (Wildman–Crippen MR) is 136 cm³/mol. The molecule has 0 N–H and O–H groups in total. The van der Waals surface area contributed by atoms with E-state index in [-0.39, 0.29) is 5.97 Å². The first-order valence-corrected chi connectivity index (χ1v) is 11.1. The summed E-state index contributed by atoms with van der Waals surface area (Å²) >= 11 is 0. The summed E-state index contributed by atoms with van der Waals surface area (Å²) in [5.74, 6) is -0.373. The van der Waals surface area contributed by atoms with Crippen LogP contribution in [-0.4, -0.2) is 12.6 Å². The number of carbonyl (C=O) groups is 1. The Bertz CT molecular complexity index is 1170. The van der Waals surface area contributed by atoms with Crippen molar-refractivity contribution in [1.29, 1.82) is 0 Å². The highest BCUT2D eigenvalue weighted by molar-refractivity contribution is 5.81. The summed E-state index contributed by atoms with van der Waals surface area (Å²) in [6, 6.07) is 38.0. The summed E-state index contributed by atoms with van der Waals surface area (Å²) in [6.07, 6.45) is 2.82. The molecular formula is C30H27NO2. The summed E-state index contributed by atoms with van der Waals surface area (Å²) in [4.78, 5) is 13.4. The minimum atomic E-state index is -0.373. The highest BCUT2D eigenvalue weighted by atomic mass is 16.5. The fourth-order valence-corrected chi connectivity index (χ4v) is 3.78. The van der Waals surface area contributed by atoms with Crippen molar-refractivity contribution < 1.29 is 9.53 Å². The smallest absolute Gasteiger partial charge is 0.330 e. The first kappa shape index (κ1) is 22.1. The average Bonchev–Trinajstić information content (AvgIpc) is 2.89. The fourth-order valence-electron chi connectivity index (χ4n) is 3.78. The van der Waals surface area contributed by atoms with Crippen molar-refractivity contribution in [3.63, 3.8) is 0 Å². The number of nitrogens with zero attached hydrogens (tertiary/aromatic N) is 1. The van der Waals surface area contributed by atoms with E-state index in [1.54, 1.807) is 0 Å². The van der Waals surface area contributed by atoms with Crippen LogP contribution in [0, 0.1) is 0 Å². The van der Waals surface area contributed by atoms with E-state index in [0.29, 0.717) is 6.61 Å². The van der Waals surface area contributed by atoms with E-state index in [1.165, 1.54) is 22.8 Å². The second-order valence-corrected chi connectivity index (χ2v) is 7.73. The number of hydrogen-bond donors (Lipinski definition) is 0. The van der Waals surface area contributed by atoms with Crippen LogP contribution in [0.1, 0.15) is 12.0 Å². The summed E-state index contributed by atoms with van der Waals surface area (Å²) in [7, 11) is 0. The number of aryl methyl sites for hydroxylation is 1. The van der Waals surface area contributed by atoms with Gasteiger partial charge in [0.05, 0.1) is 6.61 Å². The van der Waals surface area contributed by atoms with Gasteiger partial charge in [-0.25, -0.2) is 4.79 Å². The topological polar surface area (TPSA) is 29.5 Å². The molecule has 0 bridgehead atoms. The van der Waals surface area contributed by atoms with Crippen LogP contribution in [0.15, 0.2) is 122 Å². The van der Waals surface area contributed by atoms with Crippen LogP contribution < -0.4 is 4.90 Å². The van der Waals surface area contributed by atoms with Crippen molar-refractivity contribution in [3.8, 4) is 11.1 Å². The normalized spacial score (nSPS) is 10.4. The van der Waals surface area contributed by atoms with Crippen LogP contribution in [0.5, 0.6) is 0 Å². The zero-order chi connectivity index (χ0) is 22.9. The Morgan fingerprint density at radius 1 is 0.697 bits per heavy atom. The van der Waals surface area contributed by atoms with Gasteiger partial charge in [-0.15, -0.1) is 0 Å². The first-order valence-electron chi connectivity index (χ1n) is 11.1. The summed E-state index contributed by atoms with van der Waals surface area (Å²) in [5.41, 5.74) is 6.91. The zero-order valence-corrected chi connectivity index (χ0v) is 18.6. The summed E-state index contributed by atoms with van der Waals surface area (Å²) in [6.45, 7) is 3.81. The highest BCUT2D eigenvalue weighted by Crippen LogP contribution is 2.35. The number of hydrogen-bond acceptors (Lipinski definition) is 3. The predicted octanol–water partition coefficient (Wildman–Crippen LogP) is 7.49. The van der Waals surface area contributed by atoms with Crippen LogP contribution in [0.2, 0.25) is 0 Å². The third-order valence-corrected chi connectivity index (χ3v) is 5.46. The minimum Gasteiger partial charge on any atom is -0.463 e. The molecule has 0 heterocycles. The van der Waals surface area contributed by atoms with Gasteiger partial charge >= 0.3 is 5.97 Å². The SMILES string of the molecule is C=CC(=O)OCCCc1ccc(N(c2ccccc2)c2ccc(-c3ccccc3)cc2)cc1. The Labute approximate surface area is 195 Å². The second-order valence-electron chi connectivity index (χ2n) is 7.73. The van der Waals surface area contributed by atoms with Gasteiger partial charge in [-0.05, 0) is 65.9 Å². The molecule has 0 atom stereocenters. The van der Waals surface area contributed by atoms with Crippen molar-refractivity contribution in [2.24, 2.45) is 0 Å². The molecule has 3 nitrogen and oxygen atoms in total. The third-order valence-electron chi connectivity index (χ3n) is 5.46. The van der Waals surface area contributed by atoms with Crippen LogP contribution in [-0.2, 0) is 16.0 Å². The molecule has 0 spiro atoms. The van der Waals surface area contributed by atoms with Crippen molar-refractivity contribution in [2.75, 3.05) is 11.5 Å². The maximum Gasteiger partial charge on any atom is 0.330 e. The summed E-state index contributed by atoms with van der Waals surface area (Å²) < 4.78 is 5.07. The van der Waals surface area contributed by atoms with Crippen molar-refractivity contribution >= 4 is 23.0 Å². The van der Waals surface area contributed by atoms with E-state index in [4.69, 9.17) is 4.74 Å². The maximum atomic E-state index is 11.2. The molecule has 4 aromatic carbocycles. The Kier molecular flexibility index (Phi) is 7.34. The molecule has 0 saturated heterocycles. The number of para-hydroxylation sites is 1. The largest absolute Gasteiger partial charge is 0.463 e. The molecule has 0 aliphatic heterocycles. The zero-order valence-electron chi connectivity index (χ0n) is 18.6. The van der Waals surface area contributed by atoms with E-state index in [0.717, 1.165) is 29.9 Å². The molecule has 4 rings (SSSR count). The quantitative estimate of drug-likeness (QED) is 0.156. The molecule has 164 valence electrons. The molecule has 0 aliphatic carbocycles. The van der Waals surface area contributed by atoms with Crippen molar-refractivity contribution in [3.05, 3.63) is 127 Å². The van der Waals surface area contributed by atoms with Crippen LogP contribution in [0.25, 0.3) is 11.1 Å². The van der Waals surface area contributed by atoms with E-state index in [1.807, 2.05) is 12.1 Å². The molecule has 4 aromatic rings. The monoisotopic (exact) mass is 433 g/mol. The molecule has 0 aliphatic rings. The molecule has 0 fully saturated rings. The van der Waals surface area contributed by atoms with Crippen LogP contribution in [0.4, 0.5) is 17.1 Å².